The zero-order valence-electron chi connectivity index (χ0n) is 14.7. The van der Waals surface area contributed by atoms with Gasteiger partial charge in [-0.2, -0.15) is 13.2 Å². The van der Waals surface area contributed by atoms with Gasteiger partial charge in [-0.25, -0.2) is 0 Å². The fourth-order valence-electron chi connectivity index (χ4n) is 2.85. The van der Waals surface area contributed by atoms with Crippen molar-refractivity contribution in [3.63, 3.8) is 0 Å². The Labute approximate surface area is 137 Å². The Hall–Kier alpha value is -0.820. The molecule has 0 saturated carbocycles. The number of carbonyl (C=O) groups excluding carboxylic acids is 1. The number of hydrogen-bond donors (Lipinski definition) is 0. The number of rotatable bonds is 7. The molecule has 0 radical (unpaired) electrons. The van der Waals surface area contributed by atoms with E-state index >= 15 is 0 Å². The Bertz CT molecular complexity index is 364. The highest BCUT2D eigenvalue weighted by Crippen LogP contribution is 2.18. The van der Waals surface area contributed by atoms with Gasteiger partial charge in [-0.05, 0) is 11.8 Å². The molecule has 23 heavy (non-hydrogen) atoms. The summed E-state index contributed by atoms with van der Waals surface area (Å²) in [7, 11) is 0. The fourth-order valence-corrected chi connectivity index (χ4v) is 2.85. The summed E-state index contributed by atoms with van der Waals surface area (Å²) in [6.07, 6.45) is -4.35. The summed E-state index contributed by atoms with van der Waals surface area (Å²) < 4.78 is 38.0. The highest BCUT2D eigenvalue weighted by molar-refractivity contribution is 5.78. The molecule has 0 atom stereocenters. The highest BCUT2D eigenvalue weighted by Gasteiger charge is 2.33. The van der Waals surface area contributed by atoms with Gasteiger partial charge in [0.2, 0.25) is 5.91 Å². The van der Waals surface area contributed by atoms with Gasteiger partial charge >= 0.3 is 6.18 Å². The van der Waals surface area contributed by atoms with E-state index in [1.165, 1.54) is 0 Å². The SMILES string of the molecule is CC(C)CN1CCN(CC(=O)N(CC(C)C)CC(F)(F)F)CC1. The molecule has 0 N–H and O–H groups in total. The van der Waals surface area contributed by atoms with Crippen molar-refractivity contribution in [2.75, 3.05) is 52.4 Å². The lowest BCUT2D eigenvalue weighted by Crippen LogP contribution is -2.52. The first-order chi connectivity index (χ1) is 10.6. The van der Waals surface area contributed by atoms with Crippen LogP contribution in [-0.4, -0.2) is 79.1 Å². The number of alkyl halides is 3. The van der Waals surface area contributed by atoms with Crippen LogP contribution < -0.4 is 0 Å². The molecule has 0 aromatic rings. The number of halogens is 3. The molecule has 0 unspecified atom stereocenters. The van der Waals surface area contributed by atoms with Crippen molar-refractivity contribution in [3.8, 4) is 0 Å². The van der Waals surface area contributed by atoms with Crippen molar-refractivity contribution < 1.29 is 18.0 Å². The van der Waals surface area contributed by atoms with Crippen molar-refractivity contribution >= 4 is 5.91 Å². The fraction of sp³-hybridized carbons (Fsp3) is 0.938. The van der Waals surface area contributed by atoms with Crippen LogP contribution in [0.15, 0.2) is 0 Å². The standard InChI is InChI=1S/C16H30F3N3O/c1-13(2)9-20-5-7-21(8-6-20)11-15(23)22(10-14(3)4)12-16(17,18)19/h13-14H,5-12H2,1-4H3. The second kappa shape index (κ2) is 8.87. The summed E-state index contributed by atoms with van der Waals surface area (Å²) in [5.74, 6) is 0.189. The van der Waals surface area contributed by atoms with Gasteiger partial charge in [0, 0.05) is 39.3 Å². The van der Waals surface area contributed by atoms with E-state index in [1.807, 2.05) is 18.7 Å². The summed E-state index contributed by atoms with van der Waals surface area (Å²) >= 11 is 0. The van der Waals surface area contributed by atoms with E-state index in [4.69, 9.17) is 0 Å². The number of nitrogens with zero attached hydrogens (tertiary/aromatic N) is 3. The quantitative estimate of drug-likeness (QED) is 0.713. The number of hydrogen-bond acceptors (Lipinski definition) is 3. The van der Waals surface area contributed by atoms with Crippen LogP contribution in [0.5, 0.6) is 0 Å². The summed E-state index contributed by atoms with van der Waals surface area (Å²) in [4.78, 5) is 17.5. The minimum absolute atomic E-state index is 0.0178. The predicted octanol–water partition coefficient (Wildman–Crippen LogP) is 2.31. The van der Waals surface area contributed by atoms with Crippen molar-refractivity contribution in [3.05, 3.63) is 0 Å². The summed E-state index contributed by atoms with van der Waals surface area (Å²) in [5, 5.41) is 0. The van der Waals surface area contributed by atoms with E-state index in [9.17, 15) is 18.0 Å². The Balaban J connectivity index is 2.49. The van der Waals surface area contributed by atoms with Gasteiger partial charge in [-0.3, -0.25) is 9.69 Å². The molecule has 4 nitrogen and oxygen atoms in total. The van der Waals surface area contributed by atoms with Crippen LogP contribution in [0.4, 0.5) is 13.2 Å². The van der Waals surface area contributed by atoms with Crippen LogP contribution >= 0.6 is 0 Å². The number of carbonyl (C=O) groups is 1. The lowest BCUT2D eigenvalue weighted by molar-refractivity contribution is -0.163. The molecule has 1 fully saturated rings. The Morgan fingerprint density at radius 1 is 1.00 bits per heavy atom. The number of amides is 1. The molecule has 7 heteroatoms. The van der Waals surface area contributed by atoms with E-state index in [0.29, 0.717) is 5.92 Å². The molecular formula is C16H30F3N3O. The second-order valence-electron chi connectivity index (χ2n) is 7.25. The molecule has 1 rings (SSSR count). The largest absolute Gasteiger partial charge is 0.406 e. The molecule has 0 spiro atoms. The normalized spacial score (nSPS) is 18.0. The van der Waals surface area contributed by atoms with Crippen molar-refractivity contribution in [1.82, 2.24) is 14.7 Å². The van der Waals surface area contributed by atoms with E-state index in [1.54, 1.807) is 0 Å². The molecule has 1 amide bonds. The van der Waals surface area contributed by atoms with Gasteiger partial charge in [-0.1, -0.05) is 27.7 Å². The monoisotopic (exact) mass is 337 g/mol. The first kappa shape index (κ1) is 20.2. The van der Waals surface area contributed by atoms with Gasteiger partial charge in [0.1, 0.15) is 6.54 Å². The third kappa shape index (κ3) is 8.55. The maximum Gasteiger partial charge on any atom is 0.406 e. The maximum absolute atomic E-state index is 12.7. The van der Waals surface area contributed by atoms with Gasteiger partial charge in [0.05, 0.1) is 6.54 Å². The van der Waals surface area contributed by atoms with Gasteiger partial charge < -0.3 is 9.80 Å². The first-order valence-corrected chi connectivity index (χ1v) is 8.36. The van der Waals surface area contributed by atoms with Gasteiger partial charge in [0.25, 0.3) is 0 Å². The van der Waals surface area contributed by atoms with Crippen molar-refractivity contribution in [2.45, 2.75) is 33.9 Å². The van der Waals surface area contributed by atoms with Crippen LogP contribution in [0.25, 0.3) is 0 Å². The number of piperazine rings is 1. The topological polar surface area (TPSA) is 26.8 Å². The Morgan fingerprint density at radius 2 is 1.52 bits per heavy atom. The van der Waals surface area contributed by atoms with Crippen LogP contribution in [0.1, 0.15) is 27.7 Å². The minimum Gasteiger partial charge on any atom is -0.332 e. The van der Waals surface area contributed by atoms with Crippen LogP contribution in [0.2, 0.25) is 0 Å². The molecule has 0 bridgehead atoms. The van der Waals surface area contributed by atoms with Gasteiger partial charge in [-0.15, -0.1) is 0 Å². The summed E-state index contributed by atoms with van der Waals surface area (Å²) in [6, 6.07) is 0. The third-order valence-electron chi connectivity index (χ3n) is 3.76. The Kier molecular flexibility index (Phi) is 7.80. The van der Waals surface area contributed by atoms with Crippen molar-refractivity contribution in [2.24, 2.45) is 11.8 Å². The first-order valence-electron chi connectivity index (χ1n) is 8.36. The van der Waals surface area contributed by atoms with E-state index in [-0.39, 0.29) is 19.0 Å². The summed E-state index contributed by atoms with van der Waals surface area (Å²) in [6.45, 7) is 11.3. The molecular weight excluding hydrogens is 307 g/mol. The summed E-state index contributed by atoms with van der Waals surface area (Å²) in [5.41, 5.74) is 0. The van der Waals surface area contributed by atoms with E-state index in [2.05, 4.69) is 18.7 Å². The van der Waals surface area contributed by atoms with Crippen LogP contribution in [0, 0.1) is 11.8 Å². The maximum atomic E-state index is 12.7. The van der Waals surface area contributed by atoms with E-state index in [0.717, 1.165) is 37.6 Å². The second-order valence-corrected chi connectivity index (χ2v) is 7.25. The smallest absolute Gasteiger partial charge is 0.332 e. The molecule has 136 valence electrons. The zero-order chi connectivity index (χ0) is 17.6. The molecule has 0 aromatic heterocycles. The molecule has 0 aliphatic carbocycles. The predicted molar refractivity (Wildman–Crippen MR) is 85.2 cm³/mol. The lowest BCUT2D eigenvalue weighted by atomic mass is 10.2. The molecule has 1 heterocycles. The van der Waals surface area contributed by atoms with Crippen LogP contribution in [-0.2, 0) is 4.79 Å². The average molecular weight is 337 g/mol. The zero-order valence-corrected chi connectivity index (χ0v) is 14.7. The van der Waals surface area contributed by atoms with E-state index < -0.39 is 18.6 Å². The molecule has 0 aromatic carbocycles. The minimum atomic E-state index is -4.35. The highest BCUT2D eigenvalue weighted by atomic mass is 19.4. The average Bonchev–Trinajstić information content (AvgIpc) is 2.37. The Morgan fingerprint density at radius 3 is 1.96 bits per heavy atom. The lowest BCUT2D eigenvalue weighted by Gasteiger charge is -2.36. The van der Waals surface area contributed by atoms with Gasteiger partial charge in [0.15, 0.2) is 0 Å². The molecule has 1 aliphatic rings. The van der Waals surface area contributed by atoms with Crippen molar-refractivity contribution in [1.29, 1.82) is 0 Å². The third-order valence-corrected chi connectivity index (χ3v) is 3.76. The molecule has 1 saturated heterocycles. The van der Waals surface area contributed by atoms with Crippen LogP contribution in [0.3, 0.4) is 0 Å². The molecule has 1 aliphatic heterocycles.